The van der Waals surface area contributed by atoms with Crippen LogP contribution in [0.1, 0.15) is 36.7 Å². The van der Waals surface area contributed by atoms with Gasteiger partial charge < -0.3 is 10.3 Å². The van der Waals surface area contributed by atoms with Crippen molar-refractivity contribution < 1.29 is 0 Å². The molecule has 2 saturated heterocycles. The zero-order valence-corrected chi connectivity index (χ0v) is 11.2. The minimum absolute atomic E-state index is 0.579. The number of nitrogens with zero attached hydrogens (tertiary/aromatic N) is 1. The van der Waals surface area contributed by atoms with Gasteiger partial charge in [0.05, 0.1) is 5.69 Å². The maximum atomic E-state index is 4.89. The molecule has 2 aliphatic heterocycles. The summed E-state index contributed by atoms with van der Waals surface area (Å²) in [5.74, 6) is 1.76. The van der Waals surface area contributed by atoms with Gasteiger partial charge in [-0.3, -0.25) is 0 Å². The lowest BCUT2D eigenvalue weighted by Gasteiger charge is -2.17. The van der Waals surface area contributed by atoms with Crippen LogP contribution in [0.5, 0.6) is 0 Å². The summed E-state index contributed by atoms with van der Waals surface area (Å²) in [6, 6.07) is 11.8. The van der Waals surface area contributed by atoms with E-state index in [0.717, 1.165) is 11.7 Å². The van der Waals surface area contributed by atoms with E-state index < -0.39 is 0 Å². The first-order valence-electron chi connectivity index (χ1n) is 7.19. The van der Waals surface area contributed by atoms with Gasteiger partial charge >= 0.3 is 0 Å². The second-order valence-electron chi connectivity index (χ2n) is 5.85. The number of imidazole rings is 1. The molecule has 0 spiro atoms. The van der Waals surface area contributed by atoms with Crippen molar-refractivity contribution in [3.05, 3.63) is 41.9 Å². The van der Waals surface area contributed by atoms with Gasteiger partial charge in [-0.2, -0.15) is 0 Å². The van der Waals surface area contributed by atoms with Crippen molar-refractivity contribution in [3.8, 4) is 11.3 Å². The van der Waals surface area contributed by atoms with E-state index >= 15 is 0 Å². The van der Waals surface area contributed by atoms with Crippen molar-refractivity contribution >= 4 is 0 Å². The standard InChI is InChI=1S/C16H19N3/c1-10-15(11-5-3-2-4-6-11)19-16(17-10)13-9-12-7-8-14(13)18-12/h2-6,12-14,18H,7-9H2,1H3,(H,17,19). The molecule has 2 bridgehead atoms. The first-order chi connectivity index (χ1) is 9.31. The number of aromatic amines is 1. The molecule has 98 valence electrons. The molecule has 2 aliphatic rings. The molecule has 1 aromatic heterocycles. The minimum atomic E-state index is 0.579. The summed E-state index contributed by atoms with van der Waals surface area (Å²) in [6.45, 7) is 2.12. The number of aryl methyl sites for hydroxylation is 1. The Morgan fingerprint density at radius 1 is 1.16 bits per heavy atom. The van der Waals surface area contributed by atoms with Crippen molar-refractivity contribution in [1.29, 1.82) is 0 Å². The maximum Gasteiger partial charge on any atom is 0.111 e. The molecular weight excluding hydrogens is 234 g/mol. The van der Waals surface area contributed by atoms with Crippen molar-refractivity contribution in [3.63, 3.8) is 0 Å². The number of H-pyrrole nitrogens is 1. The van der Waals surface area contributed by atoms with E-state index in [9.17, 15) is 0 Å². The van der Waals surface area contributed by atoms with Crippen LogP contribution in [0.2, 0.25) is 0 Å². The van der Waals surface area contributed by atoms with Gasteiger partial charge in [-0.15, -0.1) is 0 Å². The van der Waals surface area contributed by atoms with Crippen molar-refractivity contribution in [1.82, 2.24) is 15.3 Å². The monoisotopic (exact) mass is 253 g/mol. The van der Waals surface area contributed by atoms with E-state index in [-0.39, 0.29) is 0 Å². The second-order valence-corrected chi connectivity index (χ2v) is 5.85. The van der Waals surface area contributed by atoms with Crippen molar-refractivity contribution in [2.75, 3.05) is 0 Å². The van der Waals surface area contributed by atoms with Crippen molar-refractivity contribution in [2.24, 2.45) is 0 Å². The van der Waals surface area contributed by atoms with Gasteiger partial charge in [0.15, 0.2) is 0 Å². The van der Waals surface area contributed by atoms with E-state index in [1.54, 1.807) is 0 Å². The Balaban J connectivity index is 1.69. The summed E-state index contributed by atoms with van der Waals surface area (Å²) in [4.78, 5) is 8.40. The number of aromatic nitrogens is 2. The molecule has 2 N–H and O–H groups in total. The topological polar surface area (TPSA) is 40.7 Å². The number of hydrogen-bond donors (Lipinski definition) is 2. The molecular formula is C16H19N3. The van der Waals surface area contributed by atoms with Crippen LogP contribution in [0.3, 0.4) is 0 Å². The van der Waals surface area contributed by atoms with Crippen LogP contribution >= 0.6 is 0 Å². The third kappa shape index (κ3) is 1.80. The highest BCUT2D eigenvalue weighted by molar-refractivity contribution is 5.61. The molecule has 3 unspecified atom stereocenters. The molecule has 2 aromatic rings. The second kappa shape index (κ2) is 4.20. The smallest absolute Gasteiger partial charge is 0.111 e. The predicted octanol–water partition coefficient (Wildman–Crippen LogP) is 2.99. The maximum absolute atomic E-state index is 4.89. The van der Waals surface area contributed by atoms with Gasteiger partial charge in [-0.1, -0.05) is 30.3 Å². The number of rotatable bonds is 2. The average Bonchev–Trinajstić information content (AvgIpc) is 3.14. The number of hydrogen-bond acceptors (Lipinski definition) is 2. The molecule has 3 nitrogen and oxygen atoms in total. The summed E-state index contributed by atoms with van der Waals surface area (Å²) < 4.78 is 0. The molecule has 2 fully saturated rings. The van der Waals surface area contributed by atoms with Gasteiger partial charge in [-0.25, -0.2) is 4.98 Å². The van der Waals surface area contributed by atoms with E-state index in [0.29, 0.717) is 12.0 Å². The first kappa shape index (κ1) is 11.2. The van der Waals surface area contributed by atoms with Gasteiger partial charge in [0.25, 0.3) is 0 Å². The largest absolute Gasteiger partial charge is 0.345 e. The molecule has 0 radical (unpaired) electrons. The lowest BCUT2D eigenvalue weighted by atomic mass is 9.89. The Morgan fingerprint density at radius 3 is 2.68 bits per heavy atom. The molecule has 0 amide bonds. The van der Waals surface area contributed by atoms with Gasteiger partial charge in [0.1, 0.15) is 5.82 Å². The van der Waals surface area contributed by atoms with Crippen molar-refractivity contribution in [2.45, 2.75) is 44.2 Å². The molecule has 1 aromatic carbocycles. The van der Waals surface area contributed by atoms with Gasteiger partial charge in [-0.05, 0) is 26.2 Å². The Bertz CT molecular complexity index is 587. The molecule has 3 heteroatoms. The van der Waals surface area contributed by atoms with Crippen LogP contribution in [0.4, 0.5) is 0 Å². The quantitative estimate of drug-likeness (QED) is 0.863. The van der Waals surface area contributed by atoms with Gasteiger partial charge in [0, 0.05) is 29.3 Å². The van der Waals surface area contributed by atoms with E-state index in [1.165, 1.54) is 36.3 Å². The lowest BCUT2D eigenvalue weighted by molar-refractivity contribution is 0.489. The fourth-order valence-corrected chi connectivity index (χ4v) is 3.66. The summed E-state index contributed by atoms with van der Waals surface area (Å²) in [6.07, 6.45) is 3.88. The number of fused-ring (bicyclic) bond motifs is 2. The third-order valence-electron chi connectivity index (χ3n) is 4.60. The zero-order valence-electron chi connectivity index (χ0n) is 11.2. The summed E-state index contributed by atoms with van der Waals surface area (Å²) >= 11 is 0. The Hall–Kier alpha value is -1.61. The zero-order chi connectivity index (χ0) is 12.8. The molecule has 19 heavy (non-hydrogen) atoms. The SMILES string of the molecule is Cc1[nH]c(C2CC3CCC2N3)nc1-c1ccccc1. The van der Waals surface area contributed by atoms with Crippen LogP contribution in [-0.4, -0.2) is 22.1 Å². The van der Waals surface area contributed by atoms with E-state index in [1.807, 2.05) is 6.07 Å². The van der Waals surface area contributed by atoms with Crippen LogP contribution in [-0.2, 0) is 0 Å². The number of nitrogens with one attached hydrogen (secondary N) is 2. The summed E-state index contributed by atoms with van der Waals surface area (Å²) in [7, 11) is 0. The molecule has 3 atom stereocenters. The Kier molecular flexibility index (Phi) is 2.49. The normalized spacial score (nSPS) is 29.0. The highest BCUT2D eigenvalue weighted by Gasteiger charge is 2.41. The predicted molar refractivity (Wildman–Crippen MR) is 76.1 cm³/mol. The molecule has 0 aliphatic carbocycles. The summed E-state index contributed by atoms with van der Waals surface area (Å²) in [5.41, 5.74) is 3.50. The molecule has 0 saturated carbocycles. The fourth-order valence-electron chi connectivity index (χ4n) is 3.66. The van der Waals surface area contributed by atoms with E-state index in [2.05, 4.69) is 41.5 Å². The van der Waals surface area contributed by atoms with Crippen LogP contribution in [0.25, 0.3) is 11.3 Å². The first-order valence-corrected chi connectivity index (χ1v) is 7.19. The Morgan fingerprint density at radius 2 is 2.00 bits per heavy atom. The Labute approximate surface area is 113 Å². The van der Waals surface area contributed by atoms with Crippen LogP contribution in [0, 0.1) is 6.92 Å². The lowest BCUT2D eigenvalue weighted by Crippen LogP contribution is -2.22. The fraction of sp³-hybridized carbons (Fsp3) is 0.438. The van der Waals surface area contributed by atoms with Gasteiger partial charge in [0.2, 0.25) is 0 Å². The summed E-state index contributed by atoms with van der Waals surface area (Å²) in [5, 5.41) is 3.68. The molecule has 4 rings (SSSR count). The number of benzene rings is 1. The average molecular weight is 253 g/mol. The highest BCUT2D eigenvalue weighted by atomic mass is 15.1. The van der Waals surface area contributed by atoms with E-state index in [4.69, 9.17) is 4.98 Å². The molecule has 3 heterocycles. The third-order valence-corrected chi connectivity index (χ3v) is 4.60. The highest BCUT2D eigenvalue weighted by Crippen LogP contribution is 2.39. The van der Waals surface area contributed by atoms with Crippen LogP contribution in [0.15, 0.2) is 30.3 Å². The minimum Gasteiger partial charge on any atom is -0.345 e. The van der Waals surface area contributed by atoms with Crippen LogP contribution < -0.4 is 5.32 Å².